The summed E-state index contributed by atoms with van der Waals surface area (Å²) >= 11 is 0. The second-order valence-electron chi connectivity index (χ2n) is 3.19. The van der Waals surface area contributed by atoms with Crippen molar-refractivity contribution >= 4 is 11.8 Å². The van der Waals surface area contributed by atoms with Crippen molar-refractivity contribution in [2.24, 2.45) is 5.10 Å². The Morgan fingerprint density at radius 1 is 1.29 bits per heavy atom. The SMILES string of the molecule is CC(=NNC(=O)O)c1ccc(C(F)(F)F)cc1. The Bertz CT molecular complexity index is 438. The van der Waals surface area contributed by atoms with Crippen LogP contribution in [-0.4, -0.2) is 16.9 Å². The molecule has 0 aliphatic rings. The molecule has 0 unspecified atom stereocenters. The molecular weight excluding hydrogens is 237 g/mol. The number of nitrogens with zero attached hydrogens (tertiary/aromatic N) is 1. The van der Waals surface area contributed by atoms with Crippen LogP contribution >= 0.6 is 0 Å². The van der Waals surface area contributed by atoms with Gasteiger partial charge in [-0.25, -0.2) is 10.2 Å². The quantitative estimate of drug-likeness (QED) is 0.622. The smallest absolute Gasteiger partial charge is 0.425 e. The average molecular weight is 246 g/mol. The first-order valence-electron chi connectivity index (χ1n) is 4.51. The van der Waals surface area contributed by atoms with Crippen LogP contribution in [0.4, 0.5) is 18.0 Å². The Balaban J connectivity index is 2.88. The molecule has 1 aromatic rings. The molecule has 0 atom stereocenters. The summed E-state index contributed by atoms with van der Waals surface area (Å²) in [5.41, 5.74) is 1.70. The minimum atomic E-state index is -4.39. The monoisotopic (exact) mass is 246 g/mol. The van der Waals surface area contributed by atoms with E-state index in [4.69, 9.17) is 5.11 Å². The van der Waals surface area contributed by atoms with E-state index in [1.807, 2.05) is 0 Å². The molecule has 1 aromatic carbocycles. The van der Waals surface area contributed by atoms with Gasteiger partial charge in [-0.2, -0.15) is 18.3 Å². The summed E-state index contributed by atoms with van der Waals surface area (Å²) in [5, 5.41) is 11.8. The van der Waals surface area contributed by atoms with E-state index in [0.29, 0.717) is 5.56 Å². The Kier molecular flexibility index (Phi) is 3.72. The molecule has 0 saturated heterocycles. The molecule has 0 bridgehead atoms. The molecule has 0 spiro atoms. The van der Waals surface area contributed by atoms with Crippen molar-refractivity contribution in [1.29, 1.82) is 0 Å². The summed E-state index contributed by atoms with van der Waals surface area (Å²) in [7, 11) is 0. The predicted molar refractivity (Wildman–Crippen MR) is 54.8 cm³/mol. The van der Waals surface area contributed by atoms with Crippen molar-refractivity contribution in [2.75, 3.05) is 0 Å². The van der Waals surface area contributed by atoms with Crippen molar-refractivity contribution in [3.05, 3.63) is 35.4 Å². The summed E-state index contributed by atoms with van der Waals surface area (Å²) in [4.78, 5) is 10.2. The Labute approximate surface area is 94.8 Å². The number of carboxylic acid groups (broad SMARTS) is 1. The number of hydrogen-bond acceptors (Lipinski definition) is 2. The van der Waals surface area contributed by atoms with Crippen LogP contribution in [0, 0.1) is 0 Å². The maximum absolute atomic E-state index is 12.3. The first kappa shape index (κ1) is 13.0. The Morgan fingerprint density at radius 2 is 1.82 bits per heavy atom. The number of nitrogens with one attached hydrogen (secondary N) is 1. The molecule has 0 fully saturated rings. The van der Waals surface area contributed by atoms with E-state index in [0.717, 1.165) is 12.1 Å². The molecule has 0 aromatic heterocycles. The van der Waals surface area contributed by atoms with Crippen LogP contribution in [0.1, 0.15) is 18.1 Å². The van der Waals surface area contributed by atoms with Gasteiger partial charge in [0.25, 0.3) is 0 Å². The Hall–Kier alpha value is -2.05. The standard InChI is InChI=1S/C10H9F3N2O2/c1-6(14-15-9(16)17)7-2-4-8(5-3-7)10(11,12)13/h2-5,15H,1H3,(H,16,17). The molecule has 0 radical (unpaired) electrons. The zero-order valence-corrected chi connectivity index (χ0v) is 8.75. The minimum Gasteiger partial charge on any atom is -0.464 e. The van der Waals surface area contributed by atoms with Gasteiger partial charge >= 0.3 is 12.3 Å². The van der Waals surface area contributed by atoms with Gasteiger partial charge in [0.05, 0.1) is 11.3 Å². The molecular formula is C10H9F3N2O2. The fourth-order valence-electron chi connectivity index (χ4n) is 1.10. The molecule has 4 nitrogen and oxygen atoms in total. The van der Waals surface area contributed by atoms with Gasteiger partial charge in [0.15, 0.2) is 0 Å². The number of amides is 1. The van der Waals surface area contributed by atoms with Crippen molar-refractivity contribution < 1.29 is 23.1 Å². The minimum absolute atomic E-state index is 0.279. The third kappa shape index (κ3) is 3.78. The van der Waals surface area contributed by atoms with Gasteiger partial charge in [0.2, 0.25) is 0 Å². The van der Waals surface area contributed by atoms with Gasteiger partial charge in [-0.05, 0) is 24.6 Å². The molecule has 17 heavy (non-hydrogen) atoms. The lowest BCUT2D eigenvalue weighted by Crippen LogP contribution is -2.16. The third-order valence-electron chi connectivity index (χ3n) is 1.95. The van der Waals surface area contributed by atoms with Gasteiger partial charge in [-0.15, -0.1) is 0 Å². The summed E-state index contributed by atoms with van der Waals surface area (Å²) in [6, 6.07) is 4.28. The Morgan fingerprint density at radius 3 is 2.24 bits per heavy atom. The topological polar surface area (TPSA) is 61.7 Å². The first-order valence-corrected chi connectivity index (χ1v) is 4.51. The van der Waals surface area contributed by atoms with E-state index < -0.39 is 17.8 Å². The van der Waals surface area contributed by atoms with E-state index in [9.17, 15) is 18.0 Å². The average Bonchev–Trinajstić information content (AvgIpc) is 2.25. The highest BCUT2D eigenvalue weighted by Crippen LogP contribution is 2.29. The van der Waals surface area contributed by atoms with Crippen molar-refractivity contribution in [1.82, 2.24) is 5.43 Å². The highest BCUT2D eigenvalue weighted by atomic mass is 19.4. The molecule has 0 aliphatic heterocycles. The number of hydrogen-bond donors (Lipinski definition) is 2. The lowest BCUT2D eigenvalue weighted by Gasteiger charge is -2.07. The van der Waals surface area contributed by atoms with E-state index >= 15 is 0 Å². The molecule has 1 rings (SSSR count). The number of rotatable bonds is 2. The highest BCUT2D eigenvalue weighted by Gasteiger charge is 2.29. The molecule has 7 heteroatoms. The second-order valence-corrected chi connectivity index (χ2v) is 3.19. The second kappa shape index (κ2) is 4.86. The maximum Gasteiger partial charge on any atom is 0.425 e. The lowest BCUT2D eigenvalue weighted by atomic mass is 10.1. The van der Waals surface area contributed by atoms with Gasteiger partial charge in [-0.1, -0.05) is 12.1 Å². The molecule has 1 amide bonds. The van der Waals surface area contributed by atoms with Gasteiger partial charge in [0, 0.05) is 0 Å². The summed E-state index contributed by atoms with van der Waals surface area (Å²) in [6.07, 6.45) is -5.72. The number of hydrazone groups is 1. The fourth-order valence-corrected chi connectivity index (χ4v) is 1.10. The van der Waals surface area contributed by atoms with E-state index in [1.165, 1.54) is 19.1 Å². The van der Waals surface area contributed by atoms with Crippen LogP contribution < -0.4 is 5.43 Å². The van der Waals surface area contributed by atoms with Crippen LogP contribution in [0.25, 0.3) is 0 Å². The van der Waals surface area contributed by atoms with Crippen LogP contribution in [0.5, 0.6) is 0 Å². The van der Waals surface area contributed by atoms with E-state index in [-0.39, 0.29) is 5.71 Å². The van der Waals surface area contributed by atoms with Crippen LogP contribution in [0.3, 0.4) is 0 Å². The van der Waals surface area contributed by atoms with Crippen LogP contribution in [0.2, 0.25) is 0 Å². The van der Waals surface area contributed by atoms with Crippen LogP contribution in [-0.2, 0) is 6.18 Å². The van der Waals surface area contributed by atoms with E-state index in [1.54, 1.807) is 5.43 Å². The zero-order chi connectivity index (χ0) is 13.1. The van der Waals surface area contributed by atoms with Crippen molar-refractivity contribution in [2.45, 2.75) is 13.1 Å². The normalized spacial score (nSPS) is 12.4. The number of carbonyl (C=O) groups is 1. The predicted octanol–water partition coefficient (Wildman–Crippen LogP) is 2.70. The highest BCUT2D eigenvalue weighted by molar-refractivity contribution is 5.99. The number of benzene rings is 1. The summed E-state index contributed by atoms with van der Waals surface area (Å²) in [5.74, 6) is 0. The number of alkyl halides is 3. The molecule has 2 N–H and O–H groups in total. The van der Waals surface area contributed by atoms with Crippen molar-refractivity contribution in [3.8, 4) is 0 Å². The van der Waals surface area contributed by atoms with Gasteiger partial charge in [-0.3, -0.25) is 0 Å². The van der Waals surface area contributed by atoms with Crippen molar-refractivity contribution in [3.63, 3.8) is 0 Å². The fraction of sp³-hybridized carbons (Fsp3) is 0.200. The van der Waals surface area contributed by atoms with Gasteiger partial charge < -0.3 is 5.11 Å². The zero-order valence-electron chi connectivity index (χ0n) is 8.75. The first-order chi connectivity index (χ1) is 7.80. The lowest BCUT2D eigenvalue weighted by molar-refractivity contribution is -0.137. The van der Waals surface area contributed by atoms with E-state index in [2.05, 4.69) is 5.10 Å². The molecule has 0 aliphatic carbocycles. The summed E-state index contributed by atoms with van der Waals surface area (Å²) in [6.45, 7) is 1.48. The maximum atomic E-state index is 12.3. The summed E-state index contributed by atoms with van der Waals surface area (Å²) < 4.78 is 36.8. The molecule has 92 valence electrons. The largest absolute Gasteiger partial charge is 0.464 e. The van der Waals surface area contributed by atoms with Crippen LogP contribution in [0.15, 0.2) is 29.4 Å². The van der Waals surface area contributed by atoms with Gasteiger partial charge in [0.1, 0.15) is 0 Å². The molecule has 0 heterocycles. The third-order valence-corrected chi connectivity index (χ3v) is 1.95. The number of halogens is 3. The molecule has 0 saturated carbocycles.